The third kappa shape index (κ3) is 11.2. The molecular formula is C32H29CrN12O12S4. The zero-order chi connectivity index (χ0) is 44.5. The van der Waals surface area contributed by atoms with Crippen LogP contribution in [0.15, 0.2) is 130 Å². The monoisotopic (exact) mass is 953 g/mol. The molecule has 1 radical (unpaired) electrons. The van der Waals surface area contributed by atoms with Crippen LogP contribution >= 0.6 is 0 Å². The van der Waals surface area contributed by atoms with Crippen molar-refractivity contribution in [2.45, 2.75) is 33.4 Å². The quantitative estimate of drug-likeness (QED) is 0.104. The molecule has 0 aliphatic heterocycles. The number of sulfonamides is 2. The maximum absolute atomic E-state index is 12.7. The van der Waals surface area contributed by atoms with Gasteiger partial charge in [0.2, 0.25) is 20.0 Å². The number of aryl methyl sites for hydroxylation is 2. The molecule has 29 heteroatoms. The number of rotatable bonds is 10. The molecule has 0 fully saturated rings. The van der Waals surface area contributed by atoms with E-state index in [0.29, 0.717) is 11.4 Å². The predicted octanol–water partition coefficient (Wildman–Crippen LogP) is 0.883. The van der Waals surface area contributed by atoms with E-state index < -0.39 is 62.2 Å². The molecule has 0 bridgehead atoms. The fraction of sp³-hybridized carbons (Fsp3) is 0.0625. The number of aromatic amines is 1. The van der Waals surface area contributed by atoms with E-state index in [0.717, 1.165) is 45.8 Å². The third-order valence-corrected chi connectivity index (χ3v) is 11.5. The molecule has 0 saturated heterocycles. The molecule has 2 unspecified atom stereocenters. The number of phenols is 1. The van der Waals surface area contributed by atoms with Crippen LogP contribution in [0, 0.1) is 18.6 Å². The van der Waals surface area contributed by atoms with Crippen LogP contribution in [0.2, 0.25) is 0 Å². The Bertz CT molecular complexity index is 3220. The number of aromatic hydroxyl groups is 1. The summed E-state index contributed by atoms with van der Waals surface area (Å²) in [6, 6.07) is 16.3. The normalized spacial score (nSPS) is 13.9. The number of aromatic nitrogens is 4. The van der Waals surface area contributed by atoms with Gasteiger partial charge in [0.1, 0.15) is 27.1 Å². The number of H-pyrrole nitrogens is 1. The predicted molar refractivity (Wildman–Crippen MR) is 203 cm³/mol. The molecule has 0 aliphatic carbocycles. The van der Waals surface area contributed by atoms with Crippen LogP contribution in [0.5, 0.6) is 17.4 Å². The van der Waals surface area contributed by atoms with Crippen molar-refractivity contribution in [1.82, 2.24) is 19.6 Å². The standard InChI is InChI=1S/2C16H16N6O6S2.Cr/c2*1-9-15(20-19-13-8-12(30(18,27)28)6-7-14(13)23)16(24)22(21-9)10-2-4-11(5-3-10)29(17,25)26;/h2-8,23-24H,1H3,(H2,17,25,26)(H2,18,27,28);2-8,21,23H,1H3,(H2,17,25,26)(H2,18,27,28);/q;;+3/p-3. The van der Waals surface area contributed by atoms with E-state index in [9.17, 15) is 54.5 Å². The summed E-state index contributed by atoms with van der Waals surface area (Å²) in [4.78, 5) is 11.7. The first-order valence-electron chi connectivity index (χ1n) is 16.1. The molecule has 0 spiro atoms. The average Bonchev–Trinajstić information content (AvgIpc) is 3.61. The number of hydrogen-bond acceptors (Lipinski definition) is 18. The summed E-state index contributed by atoms with van der Waals surface area (Å²) in [5, 5.41) is 66.1. The smallest absolute Gasteiger partial charge is 0.871 e. The van der Waals surface area contributed by atoms with Crippen LogP contribution in [0.3, 0.4) is 0 Å². The van der Waals surface area contributed by atoms with E-state index in [1.807, 2.05) is 0 Å². The van der Waals surface area contributed by atoms with E-state index in [2.05, 4.69) is 30.7 Å². The van der Waals surface area contributed by atoms with Crippen molar-refractivity contribution < 1.29 is 71.8 Å². The minimum atomic E-state index is -4.31. The van der Waals surface area contributed by atoms with E-state index in [4.69, 9.17) is 19.8 Å². The largest absolute Gasteiger partial charge is 3.00 e. The summed E-state index contributed by atoms with van der Waals surface area (Å²) in [6.45, 7) is 3.01. The number of nitrogens with zero attached hydrogens (tertiary/aromatic N) is 7. The molecule has 2 atom stereocenters. The molecule has 4 aromatic carbocycles. The van der Waals surface area contributed by atoms with Crippen LogP contribution in [0.1, 0.15) is 11.4 Å². The Morgan fingerprint density at radius 1 is 0.721 bits per heavy atom. The first-order chi connectivity index (χ1) is 27.8. The Morgan fingerprint density at radius 3 is 1.77 bits per heavy atom. The van der Waals surface area contributed by atoms with Crippen molar-refractivity contribution in [3.8, 4) is 28.8 Å². The number of nitrogens with two attached hydrogens (primary N) is 3. The van der Waals surface area contributed by atoms with Gasteiger partial charge in [0.15, 0.2) is 5.69 Å². The second-order valence-corrected chi connectivity index (χ2v) is 18.3. The first-order valence-corrected chi connectivity index (χ1v) is 22.2. The minimum absolute atomic E-state index is 0. The van der Waals surface area contributed by atoms with Crippen molar-refractivity contribution in [3.63, 3.8) is 0 Å². The van der Waals surface area contributed by atoms with E-state index >= 15 is 0 Å². The van der Waals surface area contributed by atoms with Crippen molar-refractivity contribution in [2.75, 3.05) is 0 Å². The molecule has 24 nitrogen and oxygen atoms in total. The molecule has 0 saturated carbocycles. The van der Waals surface area contributed by atoms with Gasteiger partial charge in [-0.1, -0.05) is 11.8 Å². The van der Waals surface area contributed by atoms with Crippen LogP contribution in [0.25, 0.3) is 11.4 Å². The number of primary sulfonamides is 2. The molecule has 9 N–H and O–H groups in total. The molecule has 2 heterocycles. The summed E-state index contributed by atoms with van der Waals surface area (Å²) in [7, 11) is -16.1. The molecular weight excluding hydrogens is 925 g/mol. The van der Waals surface area contributed by atoms with Gasteiger partial charge in [-0.15, -0.1) is 15.3 Å². The molecule has 6 rings (SSSR count). The minimum Gasteiger partial charge on any atom is -0.871 e. The number of benzene rings is 4. The Balaban J connectivity index is 0.000000264. The molecule has 6 aromatic rings. The van der Waals surface area contributed by atoms with Crippen LogP contribution in [-0.2, 0) is 57.4 Å². The molecule has 0 aliphatic rings. The second-order valence-electron chi connectivity index (χ2n) is 12.2. The summed E-state index contributed by atoms with van der Waals surface area (Å²) in [5.41, 5.74) is -0.452. The van der Waals surface area contributed by atoms with Crippen molar-refractivity contribution >= 4 is 62.8 Å². The number of hydrogen-bond donors (Lipinski definition) is 6. The fourth-order valence-corrected chi connectivity index (χ4v) is 6.98. The van der Waals surface area contributed by atoms with Gasteiger partial charge in [0.25, 0.3) is 5.56 Å². The molecule has 61 heavy (non-hydrogen) atoms. The summed E-state index contributed by atoms with van der Waals surface area (Å²) in [6.07, 6.45) is 0. The number of azo groups is 2. The molecule has 2 aromatic heterocycles. The average molecular weight is 954 g/mol. The zero-order valence-corrected chi connectivity index (χ0v) is 35.5. The van der Waals surface area contributed by atoms with E-state index in [1.165, 1.54) is 55.5 Å². The van der Waals surface area contributed by atoms with Crippen molar-refractivity contribution in [2.24, 2.45) is 30.7 Å². The van der Waals surface area contributed by atoms with Crippen molar-refractivity contribution in [1.29, 1.82) is 4.78 Å². The Morgan fingerprint density at radius 2 is 1.21 bits per heavy atom. The van der Waals surface area contributed by atoms with Crippen molar-refractivity contribution in [3.05, 3.63) is 107 Å². The molecule has 319 valence electrons. The van der Waals surface area contributed by atoms with Gasteiger partial charge in [-0.05, 0) is 92.7 Å². The van der Waals surface area contributed by atoms with E-state index in [-0.39, 0.29) is 71.9 Å². The second kappa shape index (κ2) is 17.8. The van der Waals surface area contributed by atoms with Crippen LogP contribution < -0.4 is 30.8 Å². The maximum Gasteiger partial charge on any atom is 3.00 e. The van der Waals surface area contributed by atoms with Gasteiger partial charge >= 0.3 is 17.4 Å². The Labute approximate surface area is 356 Å². The summed E-state index contributed by atoms with van der Waals surface area (Å²) < 4.78 is 105. The Kier molecular flexibility index (Phi) is 13.9. The van der Waals surface area contributed by atoms with Gasteiger partial charge in [0.05, 0.1) is 43.1 Å². The third-order valence-electron chi connectivity index (χ3n) is 7.89. The topological polar surface area (TPSA) is 421 Å². The van der Waals surface area contributed by atoms with Gasteiger partial charge in [-0.2, -0.15) is 10.2 Å². The summed E-state index contributed by atoms with van der Waals surface area (Å²) in [5.74, 6) is -1.71. The number of nitrogens with one attached hydrogen (secondary N) is 2. The summed E-state index contributed by atoms with van der Waals surface area (Å²) >= 11 is 0. The van der Waals surface area contributed by atoms with E-state index in [1.54, 1.807) is 6.92 Å². The SMILES string of the molecule is Cc1[nH]n(-c2ccc(S(N)(=O)=O)cc2)c(=O)c1N=Nc1cc(S(N)(=O)=O)ccc1O.Cc1nn(-c2ccc(S(=[NH2+])(=O)[O-])cc2)c([O-])c1N=Nc1cc(S(=N)(=O)[O-])ccc1[O-].[Cr+3]. The van der Waals surface area contributed by atoms with Gasteiger partial charge in [-0.3, -0.25) is 18.9 Å². The van der Waals surface area contributed by atoms with Crippen LogP contribution in [-0.4, -0.2) is 59.0 Å². The van der Waals surface area contributed by atoms with Gasteiger partial charge in [-0.25, -0.2) is 45.5 Å². The number of phenolic OH excluding ortho intramolecular Hbond substituents is 1. The van der Waals surface area contributed by atoms with Gasteiger partial charge < -0.3 is 24.4 Å². The van der Waals surface area contributed by atoms with Crippen LogP contribution in [0.4, 0.5) is 22.7 Å². The van der Waals surface area contributed by atoms with Gasteiger partial charge in [0, 0.05) is 20.8 Å². The fourth-order valence-electron chi connectivity index (χ4n) is 4.90. The maximum atomic E-state index is 12.7. The first kappa shape index (κ1) is 47.5. The molecule has 0 amide bonds. The zero-order valence-electron chi connectivity index (χ0n) is 30.9. The Hall–Kier alpha value is -6.13.